The summed E-state index contributed by atoms with van der Waals surface area (Å²) in [5, 5.41) is 10.6. The van der Waals surface area contributed by atoms with E-state index in [1.54, 1.807) is 0 Å². The summed E-state index contributed by atoms with van der Waals surface area (Å²) in [6.45, 7) is 14.1. The van der Waals surface area contributed by atoms with Crippen LogP contribution in [0.1, 0.15) is 357 Å². The number of ether oxygens (including phenoxy) is 4. The third-order valence-electron chi connectivity index (χ3n) is 16.9. The van der Waals surface area contributed by atoms with E-state index in [1.807, 2.05) is 0 Å². The Balaban J connectivity index is 5.21. The summed E-state index contributed by atoms with van der Waals surface area (Å²) >= 11 is 0. The second kappa shape index (κ2) is 61.6. The Hall–Kier alpha value is -1.94. The molecule has 0 rings (SSSR count). The van der Waals surface area contributed by atoms with Crippen molar-refractivity contribution < 1.29 is 80.2 Å². The van der Waals surface area contributed by atoms with Crippen molar-refractivity contribution in [2.45, 2.75) is 375 Å². The number of aliphatic hydroxyl groups is 1. The van der Waals surface area contributed by atoms with Crippen molar-refractivity contribution in [1.29, 1.82) is 0 Å². The highest BCUT2D eigenvalue weighted by molar-refractivity contribution is 7.47. The number of hydrogen-bond acceptors (Lipinski definition) is 15. The molecule has 0 aromatic rings. The van der Waals surface area contributed by atoms with Crippen LogP contribution in [0.25, 0.3) is 0 Å². The van der Waals surface area contributed by atoms with Crippen molar-refractivity contribution in [3.8, 4) is 0 Å². The maximum absolute atomic E-state index is 13.0. The van der Waals surface area contributed by atoms with Crippen LogP contribution in [0.4, 0.5) is 0 Å². The molecule has 0 bridgehead atoms. The molecule has 0 spiro atoms. The first kappa shape index (κ1) is 89.1. The van der Waals surface area contributed by atoms with E-state index < -0.39 is 97.5 Å². The molecule has 0 saturated carbocycles. The highest BCUT2D eigenvalue weighted by atomic mass is 31.2. The minimum atomic E-state index is -4.95. The van der Waals surface area contributed by atoms with Crippen molar-refractivity contribution in [3.63, 3.8) is 0 Å². The highest BCUT2D eigenvalue weighted by Gasteiger charge is 2.30. The summed E-state index contributed by atoms with van der Waals surface area (Å²) in [5.74, 6) is 0.852. The first-order valence-corrected chi connectivity index (χ1v) is 40.2. The Bertz CT molecular complexity index is 1800. The molecule has 0 aromatic carbocycles. The number of carbonyl (C=O) groups excluding carboxylic acids is 4. The zero-order valence-electron chi connectivity index (χ0n) is 59.5. The minimum Gasteiger partial charge on any atom is -0.462 e. The fourth-order valence-electron chi connectivity index (χ4n) is 10.8. The zero-order chi connectivity index (χ0) is 67.5. The minimum absolute atomic E-state index is 0.104. The topological polar surface area (TPSA) is 237 Å². The molecule has 0 aliphatic rings. The number of carbonyl (C=O) groups is 4. The molecule has 19 heteroatoms. The Labute approximate surface area is 556 Å². The third kappa shape index (κ3) is 65.1. The van der Waals surface area contributed by atoms with Gasteiger partial charge in [0.25, 0.3) is 0 Å². The van der Waals surface area contributed by atoms with Crippen LogP contribution >= 0.6 is 15.6 Å². The van der Waals surface area contributed by atoms with Crippen molar-refractivity contribution in [2.75, 3.05) is 39.6 Å². The number of aliphatic hydroxyl groups excluding tert-OH is 1. The maximum Gasteiger partial charge on any atom is 0.472 e. The van der Waals surface area contributed by atoms with Crippen molar-refractivity contribution >= 4 is 39.5 Å². The molecule has 0 aromatic heterocycles. The van der Waals surface area contributed by atoms with Crippen LogP contribution in [0.5, 0.6) is 0 Å². The monoisotopic (exact) mass is 1340 g/mol. The standard InChI is InChI=1S/C72H140O17P2/c1-9-65(8)51-43-35-30-31-37-45-53-70(75)83-59-68(89-72(77)55-47-39-28-22-18-20-25-33-41-49-63(4)5)61-87-91(80,81)85-57-66(73)56-84-90(78,79)86-60-67(58-82-69(74)52-44-36-29-23-26-34-42-50-64(6)7)88-71(76)54-46-38-27-21-17-15-13-11-10-12-14-16-19-24-32-40-48-62(2)3/h62-68,73H,9-61H2,1-8H3,(H,78,79)(H,80,81)/t65?,66-,67-,68-/m1/s1. The summed E-state index contributed by atoms with van der Waals surface area (Å²) in [7, 11) is -9.90. The van der Waals surface area contributed by atoms with E-state index >= 15 is 0 Å². The quantitative estimate of drug-likeness (QED) is 0.0222. The number of esters is 4. The van der Waals surface area contributed by atoms with E-state index in [9.17, 15) is 43.2 Å². The van der Waals surface area contributed by atoms with Gasteiger partial charge in [-0.2, -0.15) is 0 Å². The molecule has 3 N–H and O–H groups in total. The molecule has 0 heterocycles. The summed E-state index contributed by atoms with van der Waals surface area (Å²) in [4.78, 5) is 72.6. The number of unbranched alkanes of at least 4 members (excludes halogenated alkanes) is 34. The van der Waals surface area contributed by atoms with Gasteiger partial charge in [-0.05, 0) is 49.4 Å². The van der Waals surface area contributed by atoms with Crippen LogP contribution in [0.15, 0.2) is 0 Å². The average molecular weight is 1340 g/mol. The van der Waals surface area contributed by atoms with Crippen molar-refractivity contribution in [3.05, 3.63) is 0 Å². The second-order valence-electron chi connectivity index (χ2n) is 27.6. The molecule has 540 valence electrons. The number of phosphoric ester groups is 2. The molecular formula is C72H140O17P2. The molecule has 17 nitrogen and oxygen atoms in total. The smallest absolute Gasteiger partial charge is 0.462 e. The van der Waals surface area contributed by atoms with Crippen molar-refractivity contribution in [1.82, 2.24) is 0 Å². The van der Waals surface area contributed by atoms with Gasteiger partial charge in [-0.3, -0.25) is 37.3 Å². The predicted molar refractivity (Wildman–Crippen MR) is 367 cm³/mol. The molecule has 6 atom stereocenters. The Morgan fingerprint density at radius 2 is 0.527 bits per heavy atom. The van der Waals surface area contributed by atoms with Gasteiger partial charge in [0.1, 0.15) is 19.3 Å². The van der Waals surface area contributed by atoms with Crippen LogP contribution in [0.2, 0.25) is 0 Å². The molecule has 0 fully saturated rings. The normalized spacial score (nSPS) is 14.5. The van der Waals surface area contributed by atoms with Gasteiger partial charge >= 0.3 is 39.5 Å². The summed E-state index contributed by atoms with van der Waals surface area (Å²) in [6.07, 6.45) is 44.6. The van der Waals surface area contributed by atoms with Gasteiger partial charge < -0.3 is 33.8 Å². The number of phosphoric acid groups is 2. The van der Waals surface area contributed by atoms with Crippen LogP contribution in [0.3, 0.4) is 0 Å². The van der Waals surface area contributed by atoms with Crippen LogP contribution in [-0.2, 0) is 65.4 Å². The van der Waals surface area contributed by atoms with E-state index in [0.29, 0.717) is 31.6 Å². The lowest BCUT2D eigenvalue weighted by molar-refractivity contribution is -0.161. The summed E-state index contributed by atoms with van der Waals surface area (Å²) in [6, 6.07) is 0. The number of hydrogen-bond donors (Lipinski definition) is 3. The molecule has 0 saturated heterocycles. The Morgan fingerprint density at radius 3 is 0.780 bits per heavy atom. The van der Waals surface area contributed by atoms with E-state index in [4.69, 9.17) is 37.0 Å². The predicted octanol–water partition coefficient (Wildman–Crippen LogP) is 20.5. The van der Waals surface area contributed by atoms with E-state index in [0.717, 1.165) is 120 Å². The van der Waals surface area contributed by atoms with Crippen LogP contribution in [-0.4, -0.2) is 96.7 Å². The van der Waals surface area contributed by atoms with Crippen LogP contribution in [0, 0.1) is 23.7 Å². The van der Waals surface area contributed by atoms with Crippen molar-refractivity contribution in [2.24, 2.45) is 23.7 Å². The SMILES string of the molecule is CCC(C)CCCCCCCCC(=O)OC[C@H](COP(=O)(O)OC[C@H](O)COP(=O)(O)OC[C@@H](COC(=O)CCCCCCCCCC(C)C)OC(=O)CCCCCCCCCCCCCCCCCCC(C)C)OC(=O)CCCCCCCCCCCC(C)C. The first-order valence-electron chi connectivity index (χ1n) is 37.2. The first-order chi connectivity index (χ1) is 43.6. The molecular weight excluding hydrogens is 1200 g/mol. The third-order valence-corrected chi connectivity index (χ3v) is 18.8. The lowest BCUT2D eigenvalue weighted by atomic mass is 10.00. The summed E-state index contributed by atoms with van der Waals surface area (Å²) < 4.78 is 68.3. The Morgan fingerprint density at radius 1 is 0.308 bits per heavy atom. The number of rotatable bonds is 69. The van der Waals surface area contributed by atoms with Gasteiger partial charge in [0, 0.05) is 25.7 Å². The molecule has 0 aliphatic heterocycles. The van der Waals surface area contributed by atoms with Gasteiger partial charge in [-0.1, -0.05) is 306 Å². The highest BCUT2D eigenvalue weighted by Crippen LogP contribution is 2.45. The zero-order valence-corrected chi connectivity index (χ0v) is 61.3. The largest absolute Gasteiger partial charge is 0.472 e. The molecule has 0 radical (unpaired) electrons. The molecule has 3 unspecified atom stereocenters. The fraction of sp³-hybridized carbons (Fsp3) is 0.944. The lowest BCUT2D eigenvalue weighted by Gasteiger charge is -2.21. The van der Waals surface area contributed by atoms with Gasteiger partial charge in [0.15, 0.2) is 12.2 Å². The second-order valence-corrected chi connectivity index (χ2v) is 30.6. The van der Waals surface area contributed by atoms with E-state index in [1.165, 1.54) is 148 Å². The van der Waals surface area contributed by atoms with Gasteiger partial charge in [-0.25, -0.2) is 9.13 Å². The summed E-state index contributed by atoms with van der Waals surface area (Å²) in [5.41, 5.74) is 0. The molecule has 91 heavy (non-hydrogen) atoms. The Kier molecular flexibility index (Phi) is 60.3. The van der Waals surface area contributed by atoms with E-state index in [-0.39, 0.29) is 25.7 Å². The van der Waals surface area contributed by atoms with Gasteiger partial charge in [0.05, 0.1) is 26.4 Å². The molecule has 0 aliphatic carbocycles. The average Bonchev–Trinajstić information content (AvgIpc) is 2.05. The fourth-order valence-corrected chi connectivity index (χ4v) is 12.4. The van der Waals surface area contributed by atoms with Crippen LogP contribution < -0.4 is 0 Å². The van der Waals surface area contributed by atoms with Gasteiger partial charge in [0.2, 0.25) is 0 Å². The lowest BCUT2D eigenvalue weighted by Crippen LogP contribution is -2.30. The van der Waals surface area contributed by atoms with Gasteiger partial charge in [-0.15, -0.1) is 0 Å². The molecule has 0 amide bonds. The van der Waals surface area contributed by atoms with E-state index in [2.05, 4.69) is 55.4 Å². The maximum atomic E-state index is 13.0.